The smallest absolute Gasteiger partial charge is 0.303 e. The molecule has 1 N–H and O–H groups in total. The number of aromatic nitrogens is 1. The van der Waals surface area contributed by atoms with E-state index in [0.717, 1.165) is 16.7 Å². The molecule has 0 saturated carbocycles. The van der Waals surface area contributed by atoms with Crippen LogP contribution in [0.1, 0.15) is 24.8 Å². The van der Waals surface area contributed by atoms with Gasteiger partial charge in [-0.05, 0) is 30.5 Å². The second-order valence-electron chi connectivity index (χ2n) is 4.49. The van der Waals surface area contributed by atoms with Gasteiger partial charge in [-0.3, -0.25) is 4.79 Å². The third kappa shape index (κ3) is 2.84. The van der Waals surface area contributed by atoms with E-state index in [4.69, 9.17) is 9.52 Å². The fourth-order valence-electron chi connectivity index (χ4n) is 1.84. The van der Waals surface area contributed by atoms with Crippen molar-refractivity contribution in [3.8, 4) is 0 Å². The van der Waals surface area contributed by atoms with Crippen molar-refractivity contribution in [2.75, 3.05) is 0 Å². The number of aryl methyl sites for hydroxylation is 1. The van der Waals surface area contributed by atoms with E-state index in [2.05, 4.69) is 4.98 Å². The highest BCUT2D eigenvalue weighted by atomic mass is 16.4. The molecule has 4 heteroatoms. The first kappa shape index (κ1) is 11.6. The zero-order valence-corrected chi connectivity index (χ0v) is 9.93. The Bertz CT molecular complexity index is 545. The molecule has 90 valence electrons. The topological polar surface area (TPSA) is 63.3 Å². The van der Waals surface area contributed by atoms with Crippen molar-refractivity contribution in [2.45, 2.75) is 26.7 Å². The number of carboxylic acids is 1. The molecular formula is C13H15NO3. The molecule has 0 radical (unpaired) electrons. The first-order chi connectivity index (χ1) is 8.04. The lowest BCUT2D eigenvalue weighted by Gasteiger charge is -2.03. The van der Waals surface area contributed by atoms with Crippen molar-refractivity contribution in [3.63, 3.8) is 0 Å². The highest BCUT2D eigenvalue weighted by molar-refractivity contribution is 5.73. The number of rotatable bonds is 4. The van der Waals surface area contributed by atoms with Gasteiger partial charge in [0.15, 0.2) is 11.5 Å². The molecule has 1 heterocycles. The van der Waals surface area contributed by atoms with Gasteiger partial charge in [-0.1, -0.05) is 13.0 Å². The summed E-state index contributed by atoms with van der Waals surface area (Å²) in [4.78, 5) is 14.9. The highest BCUT2D eigenvalue weighted by Crippen LogP contribution is 2.19. The van der Waals surface area contributed by atoms with E-state index < -0.39 is 5.97 Å². The molecule has 0 aliphatic heterocycles. The molecule has 4 nitrogen and oxygen atoms in total. The van der Waals surface area contributed by atoms with Crippen LogP contribution in [0.25, 0.3) is 11.1 Å². The number of fused-ring (bicyclic) bond motifs is 1. The Balaban J connectivity index is 2.16. The summed E-state index contributed by atoms with van der Waals surface area (Å²) in [7, 11) is 0. The summed E-state index contributed by atoms with van der Waals surface area (Å²) in [5.74, 6) is -0.148. The van der Waals surface area contributed by atoms with Gasteiger partial charge < -0.3 is 9.52 Å². The molecule has 2 aromatic rings. The summed E-state index contributed by atoms with van der Waals surface area (Å²) in [6.07, 6.45) is 0.692. The van der Waals surface area contributed by atoms with Gasteiger partial charge in [-0.2, -0.15) is 0 Å². The van der Waals surface area contributed by atoms with E-state index in [0.29, 0.717) is 12.3 Å². The van der Waals surface area contributed by atoms with Crippen LogP contribution in [-0.4, -0.2) is 16.1 Å². The number of hydrogen-bond acceptors (Lipinski definition) is 3. The van der Waals surface area contributed by atoms with Crippen LogP contribution in [0.3, 0.4) is 0 Å². The van der Waals surface area contributed by atoms with Crippen LogP contribution in [0.5, 0.6) is 0 Å². The van der Waals surface area contributed by atoms with Gasteiger partial charge in [0.05, 0.1) is 0 Å². The number of carboxylic acid groups (broad SMARTS) is 1. The molecule has 0 amide bonds. The van der Waals surface area contributed by atoms with Crippen LogP contribution < -0.4 is 0 Å². The molecule has 0 saturated heterocycles. The minimum atomic E-state index is -0.788. The third-order valence-corrected chi connectivity index (χ3v) is 2.63. The zero-order chi connectivity index (χ0) is 12.4. The van der Waals surface area contributed by atoms with E-state index in [1.165, 1.54) is 0 Å². The van der Waals surface area contributed by atoms with E-state index >= 15 is 0 Å². The number of benzene rings is 1. The van der Waals surface area contributed by atoms with Gasteiger partial charge in [0.25, 0.3) is 0 Å². The van der Waals surface area contributed by atoms with Crippen LogP contribution in [-0.2, 0) is 11.2 Å². The molecule has 0 aliphatic carbocycles. The quantitative estimate of drug-likeness (QED) is 0.881. The first-order valence-corrected chi connectivity index (χ1v) is 5.62. The number of oxazole rings is 1. The summed E-state index contributed by atoms with van der Waals surface area (Å²) < 4.78 is 5.57. The van der Waals surface area contributed by atoms with Gasteiger partial charge in [-0.25, -0.2) is 4.98 Å². The standard InChI is InChI=1S/C13H15NO3/c1-8-3-4-11-10(5-8)14-12(17-11)6-9(2)7-13(15)16/h3-5,9H,6-7H2,1-2H3,(H,15,16). The molecule has 1 aromatic carbocycles. The number of aliphatic carboxylic acids is 1. The molecule has 17 heavy (non-hydrogen) atoms. The molecule has 2 rings (SSSR count). The van der Waals surface area contributed by atoms with Crippen LogP contribution >= 0.6 is 0 Å². The summed E-state index contributed by atoms with van der Waals surface area (Å²) in [6, 6.07) is 5.82. The summed E-state index contributed by atoms with van der Waals surface area (Å²) in [6.45, 7) is 3.88. The monoisotopic (exact) mass is 233 g/mol. The van der Waals surface area contributed by atoms with Crippen molar-refractivity contribution in [2.24, 2.45) is 5.92 Å². The van der Waals surface area contributed by atoms with E-state index in [-0.39, 0.29) is 12.3 Å². The van der Waals surface area contributed by atoms with Crippen LogP contribution in [0.4, 0.5) is 0 Å². The van der Waals surface area contributed by atoms with Crippen molar-refractivity contribution in [1.82, 2.24) is 4.98 Å². The SMILES string of the molecule is Cc1ccc2oc(CC(C)CC(=O)O)nc2c1. The van der Waals surface area contributed by atoms with Crippen molar-refractivity contribution >= 4 is 17.1 Å². The summed E-state index contributed by atoms with van der Waals surface area (Å²) in [5.41, 5.74) is 2.73. The maximum absolute atomic E-state index is 10.6. The van der Waals surface area contributed by atoms with E-state index in [1.807, 2.05) is 32.0 Å². The molecule has 0 fully saturated rings. The lowest BCUT2D eigenvalue weighted by Crippen LogP contribution is -2.07. The molecule has 0 spiro atoms. The molecule has 1 unspecified atom stereocenters. The average molecular weight is 233 g/mol. The molecule has 0 aliphatic rings. The van der Waals surface area contributed by atoms with Crippen molar-refractivity contribution in [3.05, 3.63) is 29.7 Å². The zero-order valence-electron chi connectivity index (χ0n) is 9.93. The Morgan fingerprint density at radius 2 is 2.29 bits per heavy atom. The number of hydrogen-bond donors (Lipinski definition) is 1. The third-order valence-electron chi connectivity index (χ3n) is 2.63. The predicted octanol–water partition coefficient (Wildman–Crippen LogP) is 2.79. The maximum Gasteiger partial charge on any atom is 0.303 e. The average Bonchev–Trinajstić information content (AvgIpc) is 2.57. The van der Waals surface area contributed by atoms with Gasteiger partial charge >= 0.3 is 5.97 Å². The lowest BCUT2D eigenvalue weighted by atomic mass is 10.0. The molecule has 0 bridgehead atoms. The van der Waals surface area contributed by atoms with Gasteiger partial charge in [0.2, 0.25) is 0 Å². The Hall–Kier alpha value is -1.84. The van der Waals surface area contributed by atoms with Crippen LogP contribution in [0.2, 0.25) is 0 Å². The minimum absolute atomic E-state index is 0.0293. The second kappa shape index (κ2) is 4.57. The Morgan fingerprint density at radius 3 is 3.00 bits per heavy atom. The fourth-order valence-corrected chi connectivity index (χ4v) is 1.84. The first-order valence-electron chi connectivity index (χ1n) is 5.62. The minimum Gasteiger partial charge on any atom is -0.481 e. The fraction of sp³-hybridized carbons (Fsp3) is 0.385. The van der Waals surface area contributed by atoms with E-state index in [9.17, 15) is 4.79 Å². The van der Waals surface area contributed by atoms with Gasteiger partial charge in [0.1, 0.15) is 5.52 Å². The van der Waals surface area contributed by atoms with Gasteiger partial charge in [-0.15, -0.1) is 0 Å². The van der Waals surface area contributed by atoms with Crippen molar-refractivity contribution < 1.29 is 14.3 Å². The molecule has 1 aromatic heterocycles. The Morgan fingerprint density at radius 1 is 1.53 bits per heavy atom. The normalized spacial score (nSPS) is 12.8. The summed E-state index contributed by atoms with van der Waals surface area (Å²) in [5, 5.41) is 8.69. The van der Waals surface area contributed by atoms with Crippen LogP contribution in [0, 0.1) is 12.8 Å². The second-order valence-corrected chi connectivity index (χ2v) is 4.49. The number of carbonyl (C=O) groups is 1. The van der Waals surface area contributed by atoms with Crippen LogP contribution in [0.15, 0.2) is 22.6 Å². The molecular weight excluding hydrogens is 218 g/mol. The van der Waals surface area contributed by atoms with E-state index in [1.54, 1.807) is 0 Å². The molecule has 1 atom stereocenters. The largest absolute Gasteiger partial charge is 0.481 e. The van der Waals surface area contributed by atoms with Gasteiger partial charge in [0, 0.05) is 12.8 Å². The Labute approximate surface area is 99.3 Å². The maximum atomic E-state index is 10.6. The summed E-state index contributed by atoms with van der Waals surface area (Å²) >= 11 is 0. The highest BCUT2D eigenvalue weighted by Gasteiger charge is 2.13. The van der Waals surface area contributed by atoms with Crippen molar-refractivity contribution in [1.29, 1.82) is 0 Å². The lowest BCUT2D eigenvalue weighted by molar-refractivity contribution is -0.137. The predicted molar refractivity (Wildman–Crippen MR) is 63.9 cm³/mol. The Kier molecular flexibility index (Phi) is 3.13. The number of nitrogens with zero attached hydrogens (tertiary/aromatic N) is 1.